The Bertz CT molecular complexity index is 1450. The second-order valence-corrected chi connectivity index (χ2v) is 9.15. The summed E-state index contributed by atoms with van der Waals surface area (Å²) in [6.07, 6.45) is 2.81. The number of amides is 2. The van der Waals surface area contributed by atoms with Gasteiger partial charge >= 0.3 is 0 Å². The van der Waals surface area contributed by atoms with Gasteiger partial charge in [0.2, 0.25) is 5.88 Å². The van der Waals surface area contributed by atoms with Crippen LogP contribution >= 0.6 is 0 Å². The molecule has 0 aliphatic rings. The van der Waals surface area contributed by atoms with Gasteiger partial charge < -0.3 is 19.6 Å². The largest absolute Gasteiger partial charge is 0.593 e. The van der Waals surface area contributed by atoms with Crippen molar-refractivity contribution in [2.45, 2.75) is 13.5 Å². The normalized spacial score (nSPS) is 11.8. The van der Waals surface area contributed by atoms with Crippen LogP contribution in [0.1, 0.15) is 21.6 Å². The number of ketones is 1. The van der Waals surface area contributed by atoms with Crippen molar-refractivity contribution < 1.29 is 23.7 Å². The molecule has 3 N–H and O–H groups in total. The highest BCUT2D eigenvalue weighted by Crippen LogP contribution is 2.34. The Kier molecular flexibility index (Phi) is 7.37. The molecule has 0 spiro atoms. The van der Waals surface area contributed by atoms with Gasteiger partial charge in [-0.3, -0.25) is 14.4 Å². The molecule has 4 rings (SSSR count). The van der Waals surface area contributed by atoms with Gasteiger partial charge in [-0.05, 0) is 29.7 Å². The van der Waals surface area contributed by atoms with Gasteiger partial charge in [0.15, 0.2) is 6.61 Å². The van der Waals surface area contributed by atoms with E-state index in [2.05, 4.69) is 9.71 Å². The SMILES string of the molecule is Cc1c(C(=O)C(N)=O)c2c(OCC(=O)N[S+](C)[O-])nccc2n1Cc1ccccc1-c1ccccc1. The highest BCUT2D eigenvalue weighted by atomic mass is 32.2. The Morgan fingerprint density at radius 3 is 2.47 bits per heavy atom. The Labute approximate surface area is 210 Å². The molecule has 0 radical (unpaired) electrons. The number of hydrogen-bond acceptors (Lipinski definition) is 6. The number of benzene rings is 2. The van der Waals surface area contributed by atoms with Gasteiger partial charge in [0.1, 0.15) is 6.26 Å². The maximum absolute atomic E-state index is 12.9. The average molecular weight is 505 g/mol. The number of Topliss-reactive ketones (excluding diaryl/α,β-unsaturated/α-hetero) is 1. The predicted molar refractivity (Wildman–Crippen MR) is 137 cm³/mol. The molecule has 2 heterocycles. The van der Waals surface area contributed by atoms with Crippen molar-refractivity contribution in [2.75, 3.05) is 12.9 Å². The lowest BCUT2D eigenvalue weighted by molar-refractivity contribution is -0.121. The molecule has 10 heteroatoms. The Balaban J connectivity index is 1.83. The van der Waals surface area contributed by atoms with Gasteiger partial charge in [-0.1, -0.05) is 54.6 Å². The van der Waals surface area contributed by atoms with E-state index in [4.69, 9.17) is 10.5 Å². The van der Waals surface area contributed by atoms with E-state index in [9.17, 15) is 18.9 Å². The zero-order chi connectivity index (χ0) is 25.8. The zero-order valence-electron chi connectivity index (χ0n) is 19.7. The number of nitrogens with one attached hydrogen (secondary N) is 1. The van der Waals surface area contributed by atoms with Crippen molar-refractivity contribution in [3.8, 4) is 17.0 Å². The molecule has 0 saturated heterocycles. The van der Waals surface area contributed by atoms with Crippen molar-refractivity contribution in [2.24, 2.45) is 5.73 Å². The van der Waals surface area contributed by atoms with Crippen molar-refractivity contribution in [3.05, 3.63) is 83.7 Å². The van der Waals surface area contributed by atoms with Crippen LogP contribution in [0.5, 0.6) is 5.88 Å². The van der Waals surface area contributed by atoms with E-state index in [1.165, 1.54) is 12.5 Å². The topological polar surface area (TPSA) is 139 Å². The Morgan fingerprint density at radius 2 is 1.78 bits per heavy atom. The smallest absolute Gasteiger partial charge is 0.299 e. The summed E-state index contributed by atoms with van der Waals surface area (Å²) in [5.41, 5.74) is 9.58. The van der Waals surface area contributed by atoms with Gasteiger partial charge in [0.25, 0.3) is 17.6 Å². The van der Waals surface area contributed by atoms with Crippen LogP contribution in [0.2, 0.25) is 0 Å². The molecule has 0 aliphatic heterocycles. The first-order valence-electron chi connectivity index (χ1n) is 11.0. The lowest BCUT2D eigenvalue weighted by Gasteiger charge is -2.14. The van der Waals surface area contributed by atoms with Crippen molar-refractivity contribution in [3.63, 3.8) is 0 Å². The molecular formula is C26H24N4O5S. The standard InChI is InChI=1S/C26H24N4O5S/c1-16-22(24(32)25(27)33)23-20(12-13-28-26(23)35-15-21(31)29-36(2)34)30(16)14-18-10-6-7-11-19(18)17-8-4-3-5-9-17/h3-13H,14-15H2,1-2H3,(H2,27,33)(H,29,31). The fourth-order valence-electron chi connectivity index (χ4n) is 4.16. The Morgan fingerprint density at radius 1 is 1.08 bits per heavy atom. The first kappa shape index (κ1) is 25.0. The van der Waals surface area contributed by atoms with Crippen LogP contribution in [-0.2, 0) is 27.5 Å². The van der Waals surface area contributed by atoms with Crippen molar-refractivity contribution in [1.82, 2.24) is 14.3 Å². The van der Waals surface area contributed by atoms with E-state index >= 15 is 0 Å². The quantitative estimate of drug-likeness (QED) is 0.204. The van der Waals surface area contributed by atoms with Crippen LogP contribution in [0.4, 0.5) is 0 Å². The number of rotatable bonds is 9. The van der Waals surface area contributed by atoms with Crippen LogP contribution < -0.4 is 15.2 Å². The molecule has 0 aliphatic carbocycles. The first-order chi connectivity index (χ1) is 17.3. The van der Waals surface area contributed by atoms with Crippen LogP contribution in [0.3, 0.4) is 0 Å². The molecule has 2 amide bonds. The summed E-state index contributed by atoms with van der Waals surface area (Å²) >= 11 is -1.56. The second kappa shape index (κ2) is 10.6. The number of nitrogens with two attached hydrogens (primary N) is 1. The molecule has 184 valence electrons. The van der Waals surface area contributed by atoms with Gasteiger partial charge in [-0.25, -0.2) is 4.98 Å². The lowest BCUT2D eigenvalue weighted by atomic mass is 9.99. The van der Waals surface area contributed by atoms with Crippen LogP contribution in [0.25, 0.3) is 22.0 Å². The molecule has 0 bridgehead atoms. The number of pyridine rings is 1. The van der Waals surface area contributed by atoms with E-state index in [-0.39, 0.29) is 16.8 Å². The third-order valence-electron chi connectivity index (χ3n) is 5.68. The van der Waals surface area contributed by atoms with E-state index in [0.717, 1.165) is 16.7 Å². The predicted octanol–water partition coefficient (Wildman–Crippen LogP) is 2.52. The summed E-state index contributed by atoms with van der Waals surface area (Å²) in [7, 11) is 0. The van der Waals surface area contributed by atoms with E-state index < -0.39 is 35.6 Å². The summed E-state index contributed by atoms with van der Waals surface area (Å²) in [6.45, 7) is 1.63. The number of primary amides is 1. The lowest BCUT2D eigenvalue weighted by Crippen LogP contribution is -2.33. The minimum atomic E-state index is -1.56. The van der Waals surface area contributed by atoms with Gasteiger partial charge in [-0.2, -0.15) is 4.72 Å². The Hall–Kier alpha value is -4.15. The van der Waals surface area contributed by atoms with Crippen molar-refractivity contribution >= 4 is 39.9 Å². The maximum atomic E-state index is 12.9. The maximum Gasteiger partial charge on any atom is 0.299 e. The van der Waals surface area contributed by atoms with Gasteiger partial charge in [-0.15, -0.1) is 0 Å². The number of ether oxygens (including phenoxy) is 1. The highest BCUT2D eigenvalue weighted by molar-refractivity contribution is 7.89. The molecule has 2 aromatic carbocycles. The van der Waals surface area contributed by atoms with Crippen molar-refractivity contribution in [1.29, 1.82) is 0 Å². The first-order valence-corrected chi connectivity index (χ1v) is 12.5. The third kappa shape index (κ3) is 5.09. The number of aromatic nitrogens is 2. The molecule has 0 fully saturated rings. The number of hydrogen-bond donors (Lipinski definition) is 2. The molecule has 0 saturated carbocycles. The van der Waals surface area contributed by atoms with Crippen LogP contribution in [0.15, 0.2) is 66.9 Å². The van der Waals surface area contributed by atoms with E-state index in [1.807, 2.05) is 59.2 Å². The highest BCUT2D eigenvalue weighted by Gasteiger charge is 2.27. The molecule has 36 heavy (non-hydrogen) atoms. The summed E-state index contributed by atoms with van der Waals surface area (Å²) in [6, 6.07) is 19.5. The van der Waals surface area contributed by atoms with Gasteiger partial charge in [0.05, 0.1) is 27.8 Å². The summed E-state index contributed by atoms with van der Waals surface area (Å²) in [4.78, 5) is 40.9. The summed E-state index contributed by atoms with van der Waals surface area (Å²) < 4.78 is 21.0. The zero-order valence-corrected chi connectivity index (χ0v) is 20.5. The third-order valence-corrected chi connectivity index (χ3v) is 6.20. The molecule has 9 nitrogen and oxygen atoms in total. The number of nitrogens with zero attached hydrogens (tertiary/aromatic N) is 2. The second-order valence-electron chi connectivity index (χ2n) is 8.04. The minimum absolute atomic E-state index is 0.00710. The monoisotopic (exact) mass is 504 g/mol. The van der Waals surface area contributed by atoms with Crippen LogP contribution in [-0.4, -0.2) is 44.6 Å². The van der Waals surface area contributed by atoms with E-state index in [0.29, 0.717) is 17.8 Å². The summed E-state index contributed by atoms with van der Waals surface area (Å²) in [5, 5.41) is 0.279. The van der Waals surface area contributed by atoms with E-state index in [1.54, 1.807) is 13.0 Å². The van der Waals surface area contributed by atoms with Crippen LogP contribution in [0, 0.1) is 6.92 Å². The molecule has 2 aromatic heterocycles. The summed E-state index contributed by atoms with van der Waals surface area (Å²) in [5.74, 6) is -2.63. The molecule has 4 aromatic rings. The minimum Gasteiger partial charge on any atom is -0.593 e. The number of carbonyl (C=O) groups excluding carboxylic acids is 3. The molecule has 1 atom stereocenters. The molecule has 1 unspecified atom stereocenters. The molecular weight excluding hydrogens is 480 g/mol. The fourth-order valence-corrected chi connectivity index (χ4v) is 4.53. The average Bonchev–Trinajstić information content (AvgIpc) is 3.14. The fraction of sp³-hybridized carbons (Fsp3) is 0.154. The number of carbonyl (C=O) groups is 3. The number of fused-ring (bicyclic) bond motifs is 1. The van der Waals surface area contributed by atoms with Gasteiger partial charge in [0, 0.05) is 18.4 Å².